The van der Waals surface area contributed by atoms with Crippen LogP contribution in [0.4, 0.5) is 5.69 Å². The van der Waals surface area contributed by atoms with E-state index in [1.54, 1.807) is 7.11 Å². The average Bonchev–Trinajstić information content (AvgIpc) is 3.06. The minimum absolute atomic E-state index is 0.0818. The molecule has 1 aromatic heterocycles. The van der Waals surface area contributed by atoms with Crippen LogP contribution < -0.4 is 9.64 Å². The van der Waals surface area contributed by atoms with Crippen LogP contribution in [0.5, 0.6) is 5.75 Å². The van der Waals surface area contributed by atoms with E-state index >= 15 is 0 Å². The van der Waals surface area contributed by atoms with Crippen molar-refractivity contribution in [3.8, 4) is 5.75 Å². The zero-order valence-corrected chi connectivity index (χ0v) is 15.7. The molecule has 0 amide bonds. The van der Waals surface area contributed by atoms with Crippen LogP contribution in [-0.4, -0.2) is 59.9 Å². The number of ether oxygens (including phenoxy) is 2. The van der Waals surface area contributed by atoms with E-state index in [-0.39, 0.29) is 5.60 Å². The topological polar surface area (TPSA) is 42.8 Å². The molecular formula is C20H28N4O2. The van der Waals surface area contributed by atoms with E-state index in [4.69, 9.17) is 9.47 Å². The number of morpholine rings is 1. The van der Waals surface area contributed by atoms with Crippen molar-refractivity contribution in [3.63, 3.8) is 0 Å². The summed E-state index contributed by atoms with van der Waals surface area (Å²) in [6, 6.07) is 8.36. The lowest BCUT2D eigenvalue weighted by molar-refractivity contribution is -0.116. The van der Waals surface area contributed by atoms with E-state index in [9.17, 15) is 0 Å². The minimum Gasteiger partial charge on any atom is -0.497 e. The molecule has 0 N–H and O–H groups in total. The zero-order valence-electron chi connectivity index (χ0n) is 15.7. The van der Waals surface area contributed by atoms with Gasteiger partial charge in [0, 0.05) is 51.3 Å². The van der Waals surface area contributed by atoms with E-state index in [2.05, 4.69) is 38.5 Å². The van der Waals surface area contributed by atoms with Crippen LogP contribution in [0.2, 0.25) is 0 Å². The lowest BCUT2D eigenvalue weighted by Crippen LogP contribution is -2.59. The highest BCUT2D eigenvalue weighted by atomic mass is 16.5. The van der Waals surface area contributed by atoms with Crippen molar-refractivity contribution in [2.24, 2.45) is 7.05 Å². The molecule has 140 valence electrons. The Morgan fingerprint density at radius 3 is 2.77 bits per heavy atom. The van der Waals surface area contributed by atoms with E-state index < -0.39 is 0 Å². The maximum atomic E-state index is 6.35. The number of aryl methyl sites for hydroxylation is 1. The van der Waals surface area contributed by atoms with Gasteiger partial charge in [-0.25, -0.2) is 4.98 Å². The first kappa shape index (κ1) is 17.4. The van der Waals surface area contributed by atoms with Gasteiger partial charge in [-0.2, -0.15) is 0 Å². The van der Waals surface area contributed by atoms with Gasteiger partial charge in [0.2, 0.25) is 0 Å². The highest BCUT2D eigenvalue weighted by molar-refractivity contribution is 5.50. The van der Waals surface area contributed by atoms with Gasteiger partial charge in [-0.1, -0.05) is 0 Å². The molecule has 0 saturated carbocycles. The summed E-state index contributed by atoms with van der Waals surface area (Å²) in [6.45, 7) is 5.63. The number of benzene rings is 1. The smallest absolute Gasteiger partial charge is 0.122 e. The monoisotopic (exact) mass is 356 g/mol. The number of hydrogen-bond donors (Lipinski definition) is 0. The summed E-state index contributed by atoms with van der Waals surface area (Å²) in [5, 5.41) is 0. The second-order valence-electron chi connectivity index (χ2n) is 7.42. The fourth-order valence-corrected chi connectivity index (χ4v) is 4.17. The van der Waals surface area contributed by atoms with Gasteiger partial charge in [0.05, 0.1) is 25.9 Å². The SMILES string of the molecule is COc1ccc(N2CCC[C@@]3(CN(Cc4nccn4C)CCO3)C2)cc1. The largest absolute Gasteiger partial charge is 0.497 e. The maximum Gasteiger partial charge on any atom is 0.122 e. The van der Waals surface area contributed by atoms with Gasteiger partial charge in [-0.3, -0.25) is 4.90 Å². The standard InChI is InChI=1S/C20H28N4O2/c1-22-11-9-21-19(22)14-23-12-13-26-20(15-23)8-3-10-24(16-20)17-4-6-18(25-2)7-5-17/h4-7,9,11H,3,8,10,12-16H2,1-2H3/t20-/m1/s1. The second-order valence-corrected chi connectivity index (χ2v) is 7.42. The first-order valence-corrected chi connectivity index (χ1v) is 9.39. The molecule has 2 fully saturated rings. The fourth-order valence-electron chi connectivity index (χ4n) is 4.17. The Hall–Kier alpha value is -2.05. The van der Waals surface area contributed by atoms with Gasteiger partial charge in [-0.05, 0) is 37.1 Å². The number of aromatic nitrogens is 2. The molecule has 6 heteroatoms. The van der Waals surface area contributed by atoms with Crippen molar-refractivity contribution in [1.29, 1.82) is 0 Å². The summed E-state index contributed by atoms with van der Waals surface area (Å²) in [5.41, 5.74) is 1.16. The maximum absolute atomic E-state index is 6.35. The van der Waals surface area contributed by atoms with Crippen LogP contribution in [0, 0.1) is 0 Å². The normalized spacial score (nSPS) is 24.2. The molecule has 0 bridgehead atoms. The third-order valence-corrected chi connectivity index (χ3v) is 5.59. The van der Waals surface area contributed by atoms with Crippen LogP contribution in [0.25, 0.3) is 0 Å². The molecular weight excluding hydrogens is 328 g/mol. The molecule has 0 unspecified atom stereocenters. The van der Waals surface area contributed by atoms with E-state index in [1.165, 1.54) is 5.69 Å². The Morgan fingerprint density at radius 2 is 2.04 bits per heavy atom. The molecule has 1 spiro atoms. The van der Waals surface area contributed by atoms with Gasteiger partial charge >= 0.3 is 0 Å². The van der Waals surface area contributed by atoms with Gasteiger partial charge in [0.15, 0.2) is 0 Å². The molecule has 2 aromatic rings. The highest BCUT2D eigenvalue weighted by Crippen LogP contribution is 2.32. The minimum atomic E-state index is -0.0818. The van der Waals surface area contributed by atoms with Gasteiger partial charge in [-0.15, -0.1) is 0 Å². The van der Waals surface area contributed by atoms with Crippen LogP contribution in [0.3, 0.4) is 0 Å². The van der Waals surface area contributed by atoms with Gasteiger partial charge in [0.1, 0.15) is 11.6 Å². The number of imidazole rings is 1. The van der Waals surface area contributed by atoms with Gasteiger partial charge in [0.25, 0.3) is 0 Å². The predicted molar refractivity (Wildman–Crippen MR) is 102 cm³/mol. The van der Waals surface area contributed by atoms with Crippen molar-refractivity contribution < 1.29 is 9.47 Å². The number of rotatable bonds is 4. The molecule has 2 saturated heterocycles. The number of methoxy groups -OCH3 is 1. The molecule has 1 atom stereocenters. The summed E-state index contributed by atoms with van der Waals surface area (Å²) < 4.78 is 13.7. The summed E-state index contributed by atoms with van der Waals surface area (Å²) in [6.07, 6.45) is 6.16. The van der Waals surface area contributed by atoms with E-state index in [1.807, 2.05) is 24.5 Å². The predicted octanol–water partition coefficient (Wildman–Crippen LogP) is 2.30. The Labute approximate surface area is 155 Å². The third-order valence-electron chi connectivity index (χ3n) is 5.59. The van der Waals surface area contributed by atoms with Crippen molar-refractivity contribution in [3.05, 3.63) is 42.5 Å². The Bertz CT molecular complexity index is 726. The van der Waals surface area contributed by atoms with Crippen LogP contribution in [0.1, 0.15) is 18.7 Å². The first-order chi connectivity index (χ1) is 12.7. The number of anilines is 1. The Morgan fingerprint density at radius 1 is 1.19 bits per heavy atom. The van der Waals surface area contributed by atoms with E-state index in [0.29, 0.717) is 0 Å². The van der Waals surface area contributed by atoms with Crippen LogP contribution >= 0.6 is 0 Å². The van der Waals surface area contributed by atoms with Crippen LogP contribution in [0.15, 0.2) is 36.7 Å². The zero-order chi connectivity index (χ0) is 18.0. The third kappa shape index (κ3) is 3.57. The molecule has 2 aliphatic rings. The van der Waals surface area contributed by atoms with Crippen molar-refractivity contribution in [2.75, 3.05) is 44.8 Å². The molecule has 6 nitrogen and oxygen atoms in total. The molecule has 26 heavy (non-hydrogen) atoms. The Kier molecular flexibility index (Phi) is 4.87. The van der Waals surface area contributed by atoms with E-state index in [0.717, 1.165) is 63.7 Å². The quantitative estimate of drug-likeness (QED) is 0.841. The van der Waals surface area contributed by atoms with Crippen molar-refractivity contribution in [1.82, 2.24) is 14.5 Å². The summed E-state index contributed by atoms with van der Waals surface area (Å²) in [4.78, 5) is 9.42. The van der Waals surface area contributed by atoms with Crippen molar-refractivity contribution in [2.45, 2.75) is 25.0 Å². The highest BCUT2D eigenvalue weighted by Gasteiger charge is 2.40. The fraction of sp³-hybridized carbons (Fsp3) is 0.550. The number of nitrogens with zero attached hydrogens (tertiary/aromatic N) is 4. The van der Waals surface area contributed by atoms with Crippen LogP contribution in [-0.2, 0) is 18.3 Å². The molecule has 2 aliphatic heterocycles. The second kappa shape index (κ2) is 7.29. The average molecular weight is 356 g/mol. The lowest BCUT2D eigenvalue weighted by Gasteiger charge is -2.48. The van der Waals surface area contributed by atoms with Gasteiger partial charge < -0.3 is 18.9 Å². The molecule has 0 radical (unpaired) electrons. The first-order valence-electron chi connectivity index (χ1n) is 9.39. The summed E-state index contributed by atoms with van der Waals surface area (Å²) in [5.74, 6) is 2.01. The lowest BCUT2D eigenvalue weighted by atomic mass is 9.90. The Balaban J connectivity index is 1.45. The summed E-state index contributed by atoms with van der Waals surface area (Å²) >= 11 is 0. The molecule has 0 aliphatic carbocycles. The summed E-state index contributed by atoms with van der Waals surface area (Å²) in [7, 11) is 3.77. The number of hydrogen-bond acceptors (Lipinski definition) is 5. The van der Waals surface area contributed by atoms with Crippen molar-refractivity contribution >= 4 is 5.69 Å². The number of piperidine rings is 1. The molecule has 3 heterocycles. The molecule has 4 rings (SSSR count). The molecule has 1 aromatic carbocycles.